The van der Waals surface area contributed by atoms with E-state index >= 15 is 0 Å². The molecule has 1 saturated heterocycles. The number of aromatic nitrogens is 2. The van der Waals surface area contributed by atoms with Gasteiger partial charge in [0.15, 0.2) is 6.29 Å². The summed E-state index contributed by atoms with van der Waals surface area (Å²) >= 11 is 0. The van der Waals surface area contributed by atoms with Gasteiger partial charge in [0.05, 0.1) is 18.9 Å². The van der Waals surface area contributed by atoms with Crippen LogP contribution < -0.4 is 5.32 Å². The minimum absolute atomic E-state index is 0.0524. The fraction of sp³-hybridized carbons (Fsp3) is 0.769. The molecule has 5 heteroatoms. The van der Waals surface area contributed by atoms with Crippen LogP contribution in [0.1, 0.15) is 24.7 Å². The third kappa shape index (κ3) is 3.54. The molecule has 1 fully saturated rings. The highest BCUT2D eigenvalue weighted by Gasteiger charge is 2.22. The molecule has 1 N–H and O–H groups in total. The lowest BCUT2D eigenvalue weighted by Gasteiger charge is -2.20. The Hall–Kier alpha value is -0.910. The molecule has 1 atom stereocenters. The van der Waals surface area contributed by atoms with E-state index in [2.05, 4.69) is 23.4 Å². The summed E-state index contributed by atoms with van der Waals surface area (Å²) in [5, 5.41) is 7.88. The topological polar surface area (TPSA) is 48.3 Å². The van der Waals surface area contributed by atoms with E-state index in [1.165, 1.54) is 5.69 Å². The van der Waals surface area contributed by atoms with Crippen molar-refractivity contribution < 1.29 is 9.47 Å². The van der Waals surface area contributed by atoms with Crippen LogP contribution in [0.4, 0.5) is 0 Å². The van der Waals surface area contributed by atoms with Gasteiger partial charge in [0.1, 0.15) is 0 Å². The molecule has 0 aromatic carbocycles. The zero-order valence-electron chi connectivity index (χ0n) is 11.5. The second kappa shape index (κ2) is 6.31. The van der Waals surface area contributed by atoms with Gasteiger partial charge in [-0.1, -0.05) is 6.92 Å². The first-order valence-corrected chi connectivity index (χ1v) is 6.65. The van der Waals surface area contributed by atoms with E-state index in [4.69, 9.17) is 9.47 Å². The smallest absolute Gasteiger partial charge is 0.159 e. The van der Waals surface area contributed by atoms with Gasteiger partial charge in [0.2, 0.25) is 0 Å². The maximum Gasteiger partial charge on any atom is 0.159 e. The van der Waals surface area contributed by atoms with Gasteiger partial charge >= 0.3 is 0 Å². The standard InChI is InChI=1S/C13H23N3O2/c1-4-14-11(9-13-17-5-6-18-13)8-12-7-10(2)15-16(12)3/h7,11,13-14H,4-6,8-9H2,1-3H3. The van der Waals surface area contributed by atoms with Crippen molar-refractivity contribution in [1.29, 1.82) is 0 Å². The highest BCUT2D eigenvalue weighted by Crippen LogP contribution is 2.14. The van der Waals surface area contributed by atoms with Gasteiger partial charge < -0.3 is 14.8 Å². The Balaban J connectivity index is 1.94. The highest BCUT2D eigenvalue weighted by molar-refractivity contribution is 5.10. The number of hydrogen-bond acceptors (Lipinski definition) is 4. The lowest BCUT2D eigenvalue weighted by molar-refractivity contribution is -0.0526. The second-order valence-electron chi connectivity index (χ2n) is 4.77. The van der Waals surface area contributed by atoms with Crippen LogP contribution in [-0.4, -0.2) is 41.9 Å². The fourth-order valence-corrected chi connectivity index (χ4v) is 2.41. The molecule has 0 bridgehead atoms. The number of ether oxygens (including phenoxy) is 2. The maximum absolute atomic E-state index is 5.52. The van der Waals surface area contributed by atoms with E-state index in [1.54, 1.807) is 0 Å². The molecule has 102 valence electrons. The Kier molecular flexibility index (Phi) is 4.74. The summed E-state index contributed by atoms with van der Waals surface area (Å²) in [6.45, 7) is 6.53. The van der Waals surface area contributed by atoms with Gasteiger partial charge in [-0.05, 0) is 19.5 Å². The minimum Gasteiger partial charge on any atom is -0.350 e. The summed E-state index contributed by atoms with van der Waals surface area (Å²) in [7, 11) is 1.99. The maximum atomic E-state index is 5.52. The number of nitrogens with one attached hydrogen (secondary N) is 1. The summed E-state index contributed by atoms with van der Waals surface area (Å²) in [4.78, 5) is 0. The number of hydrogen-bond donors (Lipinski definition) is 1. The number of rotatable bonds is 6. The third-order valence-corrected chi connectivity index (χ3v) is 3.22. The summed E-state index contributed by atoms with van der Waals surface area (Å²) < 4.78 is 13.0. The van der Waals surface area contributed by atoms with Gasteiger partial charge in [0.25, 0.3) is 0 Å². The summed E-state index contributed by atoms with van der Waals surface area (Å²) in [6.07, 6.45) is 1.79. The van der Waals surface area contributed by atoms with E-state index in [1.807, 2.05) is 18.7 Å². The van der Waals surface area contributed by atoms with Crippen molar-refractivity contribution in [1.82, 2.24) is 15.1 Å². The van der Waals surface area contributed by atoms with Gasteiger partial charge in [-0.25, -0.2) is 0 Å². The molecule has 0 amide bonds. The van der Waals surface area contributed by atoms with Gasteiger partial charge in [-0.15, -0.1) is 0 Å². The van der Waals surface area contributed by atoms with E-state index in [0.717, 1.165) is 25.1 Å². The summed E-state index contributed by atoms with van der Waals surface area (Å²) in [5.74, 6) is 0. The Morgan fingerprint density at radius 2 is 2.22 bits per heavy atom. The molecule has 18 heavy (non-hydrogen) atoms. The molecule has 0 radical (unpaired) electrons. The second-order valence-corrected chi connectivity index (χ2v) is 4.77. The van der Waals surface area contributed by atoms with Crippen LogP contribution in [0, 0.1) is 6.92 Å². The van der Waals surface area contributed by atoms with Crippen LogP contribution in [0.5, 0.6) is 0 Å². The minimum atomic E-state index is -0.0524. The zero-order chi connectivity index (χ0) is 13.0. The lowest BCUT2D eigenvalue weighted by Crippen LogP contribution is -2.35. The Bertz CT molecular complexity index is 372. The van der Waals surface area contributed by atoms with Crippen molar-refractivity contribution in [3.63, 3.8) is 0 Å². The molecule has 2 rings (SSSR count). The Morgan fingerprint density at radius 3 is 2.78 bits per heavy atom. The predicted molar refractivity (Wildman–Crippen MR) is 69.4 cm³/mol. The molecular formula is C13H23N3O2. The third-order valence-electron chi connectivity index (χ3n) is 3.22. The lowest BCUT2D eigenvalue weighted by atomic mass is 10.1. The summed E-state index contributed by atoms with van der Waals surface area (Å²) in [6, 6.07) is 2.51. The quantitative estimate of drug-likeness (QED) is 0.822. The van der Waals surface area contributed by atoms with Crippen molar-refractivity contribution in [2.45, 2.75) is 39.0 Å². The van der Waals surface area contributed by atoms with E-state index in [-0.39, 0.29) is 6.29 Å². The molecule has 0 spiro atoms. The first kappa shape index (κ1) is 13.5. The van der Waals surface area contributed by atoms with E-state index in [9.17, 15) is 0 Å². The van der Waals surface area contributed by atoms with Gasteiger partial charge in [-0.2, -0.15) is 5.10 Å². The van der Waals surface area contributed by atoms with Crippen molar-refractivity contribution >= 4 is 0 Å². The van der Waals surface area contributed by atoms with Crippen LogP contribution in [0.25, 0.3) is 0 Å². The normalized spacial score (nSPS) is 18.4. The highest BCUT2D eigenvalue weighted by atomic mass is 16.7. The average molecular weight is 253 g/mol. The van der Waals surface area contributed by atoms with Crippen LogP contribution in [0.15, 0.2) is 6.07 Å². The molecule has 5 nitrogen and oxygen atoms in total. The number of aryl methyl sites for hydroxylation is 2. The largest absolute Gasteiger partial charge is 0.350 e. The Labute approximate surface area is 108 Å². The monoisotopic (exact) mass is 253 g/mol. The molecule has 0 aliphatic carbocycles. The molecular weight excluding hydrogens is 230 g/mol. The van der Waals surface area contributed by atoms with Crippen LogP contribution in [-0.2, 0) is 22.9 Å². The predicted octanol–water partition coefficient (Wildman–Crippen LogP) is 1.01. The first-order valence-electron chi connectivity index (χ1n) is 6.65. The van der Waals surface area contributed by atoms with Crippen molar-refractivity contribution in [3.05, 3.63) is 17.5 Å². The molecule has 0 saturated carbocycles. The SMILES string of the molecule is CCNC(Cc1cc(C)nn1C)CC1OCCO1. The first-order chi connectivity index (χ1) is 8.69. The Morgan fingerprint density at radius 1 is 1.50 bits per heavy atom. The molecule has 2 heterocycles. The fourth-order valence-electron chi connectivity index (χ4n) is 2.41. The van der Waals surface area contributed by atoms with Crippen LogP contribution in [0.2, 0.25) is 0 Å². The molecule has 1 aliphatic heterocycles. The van der Waals surface area contributed by atoms with E-state index in [0.29, 0.717) is 19.3 Å². The van der Waals surface area contributed by atoms with E-state index < -0.39 is 0 Å². The van der Waals surface area contributed by atoms with Crippen LogP contribution in [0.3, 0.4) is 0 Å². The van der Waals surface area contributed by atoms with Crippen LogP contribution >= 0.6 is 0 Å². The molecule has 1 unspecified atom stereocenters. The number of nitrogens with zero attached hydrogens (tertiary/aromatic N) is 2. The molecule has 1 aliphatic rings. The van der Waals surface area contributed by atoms with Crippen molar-refractivity contribution in [3.8, 4) is 0 Å². The average Bonchev–Trinajstić information content (AvgIpc) is 2.90. The van der Waals surface area contributed by atoms with Crippen molar-refractivity contribution in [2.75, 3.05) is 19.8 Å². The van der Waals surface area contributed by atoms with Crippen molar-refractivity contribution in [2.24, 2.45) is 7.05 Å². The molecule has 1 aromatic heterocycles. The van der Waals surface area contributed by atoms with Gasteiger partial charge in [0, 0.05) is 31.6 Å². The molecule has 1 aromatic rings. The summed E-state index contributed by atoms with van der Waals surface area (Å²) in [5.41, 5.74) is 2.31. The van der Waals surface area contributed by atoms with Gasteiger partial charge in [-0.3, -0.25) is 4.68 Å². The zero-order valence-corrected chi connectivity index (χ0v) is 11.5. The number of likely N-dealkylation sites (N-methyl/N-ethyl adjacent to an activating group) is 1.